The average molecular weight is 479 g/mol. The predicted molar refractivity (Wildman–Crippen MR) is 129 cm³/mol. The quantitative estimate of drug-likeness (QED) is 0.380. The van der Waals surface area contributed by atoms with Gasteiger partial charge in [0.1, 0.15) is 12.7 Å². The molecule has 0 radical (unpaired) electrons. The molecular formula is C25H26N4O6. The van der Waals surface area contributed by atoms with Crippen LogP contribution >= 0.6 is 0 Å². The summed E-state index contributed by atoms with van der Waals surface area (Å²) in [5.41, 5.74) is 1.99. The molecule has 0 unspecified atom stereocenters. The third kappa shape index (κ3) is 4.68. The van der Waals surface area contributed by atoms with Crippen molar-refractivity contribution in [2.24, 2.45) is 0 Å². The van der Waals surface area contributed by atoms with E-state index in [4.69, 9.17) is 18.9 Å². The molecule has 0 aliphatic carbocycles. The third-order valence-electron chi connectivity index (χ3n) is 5.37. The molecule has 1 N–H and O–H groups in total. The minimum absolute atomic E-state index is 0.0425. The maximum atomic E-state index is 12.7. The van der Waals surface area contributed by atoms with Crippen molar-refractivity contribution in [2.75, 3.05) is 21.3 Å². The highest BCUT2D eigenvalue weighted by molar-refractivity contribution is 6.08. The molecule has 182 valence electrons. The van der Waals surface area contributed by atoms with Gasteiger partial charge in [-0.05, 0) is 37.6 Å². The molecule has 0 amide bonds. The largest absolute Gasteiger partial charge is 0.493 e. The Labute approximate surface area is 202 Å². The molecule has 0 aliphatic rings. The Balaban J connectivity index is 2.08. The number of rotatable bonds is 9. The Morgan fingerprint density at radius 3 is 2.31 bits per heavy atom. The van der Waals surface area contributed by atoms with E-state index < -0.39 is 5.97 Å². The van der Waals surface area contributed by atoms with Crippen molar-refractivity contribution in [3.05, 3.63) is 54.2 Å². The van der Waals surface area contributed by atoms with E-state index in [9.17, 15) is 9.90 Å². The highest BCUT2D eigenvalue weighted by Gasteiger charge is 2.25. The number of carbonyl (C=O) groups is 1. The number of aromatic carboxylic acids is 1. The fraction of sp³-hybridized carbons (Fsp3) is 0.280. The molecule has 4 aromatic rings. The van der Waals surface area contributed by atoms with Gasteiger partial charge < -0.3 is 24.1 Å². The second kappa shape index (κ2) is 9.88. The monoisotopic (exact) mass is 478 g/mol. The van der Waals surface area contributed by atoms with Crippen molar-refractivity contribution >= 4 is 16.9 Å². The maximum Gasteiger partial charge on any atom is 0.338 e. The van der Waals surface area contributed by atoms with Crippen molar-refractivity contribution in [3.63, 3.8) is 0 Å². The highest BCUT2D eigenvalue weighted by Crippen LogP contribution is 2.42. The van der Waals surface area contributed by atoms with E-state index in [0.717, 1.165) is 0 Å². The van der Waals surface area contributed by atoms with Crippen LogP contribution in [-0.4, -0.2) is 58.3 Å². The Hall–Kier alpha value is -4.34. The number of benzene rings is 2. The number of fused-ring (bicyclic) bond motifs is 1. The van der Waals surface area contributed by atoms with Gasteiger partial charge in [0.05, 0.1) is 50.8 Å². The molecule has 4 rings (SSSR count). The first-order valence-corrected chi connectivity index (χ1v) is 10.9. The average Bonchev–Trinajstić information content (AvgIpc) is 3.34. The first-order chi connectivity index (χ1) is 16.9. The molecule has 2 heterocycles. The zero-order valence-corrected chi connectivity index (χ0v) is 20.1. The Morgan fingerprint density at radius 1 is 1.00 bits per heavy atom. The van der Waals surface area contributed by atoms with Crippen molar-refractivity contribution < 1.29 is 28.8 Å². The maximum absolute atomic E-state index is 12.7. The van der Waals surface area contributed by atoms with Crippen molar-refractivity contribution in [1.29, 1.82) is 0 Å². The molecular weight excluding hydrogens is 452 g/mol. The second-order valence-corrected chi connectivity index (χ2v) is 7.96. The predicted octanol–water partition coefficient (Wildman–Crippen LogP) is 4.05. The van der Waals surface area contributed by atoms with Crippen LogP contribution in [0, 0.1) is 0 Å². The molecule has 0 aliphatic heterocycles. The van der Waals surface area contributed by atoms with Crippen LogP contribution in [0.2, 0.25) is 0 Å². The number of pyridine rings is 1. The van der Waals surface area contributed by atoms with Gasteiger partial charge in [-0.25, -0.2) is 19.4 Å². The molecule has 0 saturated heterocycles. The van der Waals surface area contributed by atoms with Crippen LogP contribution in [0.15, 0.2) is 43.0 Å². The third-order valence-corrected chi connectivity index (χ3v) is 5.37. The van der Waals surface area contributed by atoms with E-state index in [1.54, 1.807) is 37.4 Å². The summed E-state index contributed by atoms with van der Waals surface area (Å²) in [6, 6.07) is 8.78. The van der Waals surface area contributed by atoms with E-state index in [2.05, 4.69) is 15.1 Å². The topological polar surface area (TPSA) is 118 Å². The minimum atomic E-state index is -1.12. The lowest BCUT2D eigenvalue weighted by molar-refractivity contribution is 0.0696. The summed E-state index contributed by atoms with van der Waals surface area (Å²) in [6.45, 7) is 3.93. The summed E-state index contributed by atoms with van der Waals surface area (Å²) in [6.07, 6.45) is 2.78. The lowest BCUT2D eigenvalue weighted by Crippen LogP contribution is -2.13. The van der Waals surface area contributed by atoms with Gasteiger partial charge in [0, 0.05) is 17.0 Å². The van der Waals surface area contributed by atoms with Gasteiger partial charge in [0.15, 0.2) is 23.0 Å². The first-order valence-electron chi connectivity index (χ1n) is 10.9. The number of carboxylic acid groups (broad SMARTS) is 1. The van der Waals surface area contributed by atoms with E-state index in [1.165, 1.54) is 31.6 Å². The summed E-state index contributed by atoms with van der Waals surface area (Å²) in [5, 5.41) is 15.0. The lowest BCUT2D eigenvalue weighted by atomic mass is 9.93. The number of methoxy groups -OCH3 is 3. The lowest BCUT2D eigenvalue weighted by Gasteiger charge is -2.19. The van der Waals surface area contributed by atoms with Gasteiger partial charge in [0.2, 0.25) is 0 Å². The summed E-state index contributed by atoms with van der Waals surface area (Å²) < 4.78 is 23.9. The Bertz CT molecular complexity index is 1370. The van der Waals surface area contributed by atoms with Crippen LogP contribution in [0.5, 0.6) is 23.0 Å². The highest BCUT2D eigenvalue weighted by atomic mass is 16.5. The number of nitrogens with zero attached hydrogens (tertiary/aromatic N) is 4. The van der Waals surface area contributed by atoms with E-state index >= 15 is 0 Å². The summed E-state index contributed by atoms with van der Waals surface area (Å²) in [4.78, 5) is 21.3. The molecule has 2 aromatic carbocycles. The smallest absolute Gasteiger partial charge is 0.338 e. The normalized spacial score (nSPS) is 11.0. The molecule has 10 heteroatoms. The number of hydrogen-bond acceptors (Lipinski definition) is 8. The van der Waals surface area contributed by atoms with Crippen molar-refractivity contribution in [1.82, 2.24) is 19.7 Å². The van der Waals surface area contributed by atoms with Gasteiger partial charge in [-0.2, -0.15) is 5.10 Å². The van der Waals surface area contributed by atoms with Crippen LogP contribution in [-0.2, 0) is 6.54 Å². The van der Waals surface area contributed by atoms with Crippen molar-refractivity contribution in [2.45, 2.75) is 26.5 Å². The molecule has 2 aromatic heterocycles. The molecule has 0 saturated carbocycles. The van der Waals surface area contributed by atoms with Gasteiger partial charge >= 0.3 is 5.97 Å². The molecule has 0 atom stereocenters. The number of carboxylic acids is 1. The van der Waals surface area contributed by atoms with Gasteiger partial charge in [-0.15, -0.1) is 0 Å². The SMILES string of the molecule is COc1cc2nc(Cn3cncn3)c(C(=O)O)c(-c3ccc(OC)c(OC(C)C)c3)c2cc1OC. The van der Waals surface area contributed by atoms with Gasteiger partial charge in [-0.1, -0.05) is 6.07 Å². The van der Waals surface area contributed by atoms with E-state index in [-0.39, 0.29) is 18.2 Å². The van der Waals surface area contributed by atoms with Crippen LogP contribution in [0.25, 0.3) is 22.0 Å². The Morgan fingerprint density at radius 2 is 1.71 bits per heavy atom. The number of hydrogen-bond donors (Lipinski definition) is 1. The van der Waals surface area contributed by atoms with Crippen LogP contribution in [0.4, 0.5) is 0 Å². The fourth-order valence-electron chi connectivity index (χ4n) is 3.93. The van der Waals surface area contributed by atoms with Gasteiger partial charge in [0.25, 0.3) is 0 Å². The zero-order valence-electron chi connectivity index (χ0n) is 20.1. The minimum Gasteiger partial charge on any atom is -0.493 e. The summed E-state index contributed by atoms with van der Waals surface area (Å²) in [5.74, 6) is 0.850. The van der Waals surface area contributed by atoms with Crippen LogP contribution < -0.4 is 18.9 Å². The first kappa shape index (κ1) is 23.8. The van der Waals surface area contributed by atoms with E-state index in [1.807, 2.05) is 13.8 Å². The molecule has 10 nitrogen and oxygen atoms in total. The molecule has 0 bridgehead atoms. The molecule has 35 heavy (non-hydrogen) atoms. The van der Waals surface area contributed by atoms with Gasteiger partial charge in [-0.3, -0.25) is 0 Å². The standard InChI is InChI=1S/C25H26N4O6/c1-14(2)35-22-8-15(6-7-19(22)32-3)23-16-9-20(33-4)21(34-5)10-17(16)28-18(24(23)25(30)31)11-29-13-26-12-27-29/h6-10,12-14H,11H2,1-5H3,(H,30,31). The fourth-order valence-corrected chi connectivity index (χ4v) is 3.93. The second-order valence-electron chi connectivity index (χ2n) is 7.96. The van der Waals surface area contributed by atoms with E-state index in [0.29, 0.717) is 50.7 Å². The van der Waals surface area contributed by atoms with Crippen LogP contribution in [0.3, 0.4) is 0 Å². The van der Waals surface area contributed by atoms with Crippen molar-refractivity contribution in [3.8, 4) is 34.1 Å². The van der Waals surface area contributed by atoms with Crippen LogP contribution in [0.1, 0.15) is 29.9 Å². The zero-order chi connectivity index (χ0) is 25.1. The summed E-state index contributed by atoms with van der Waals surface area (Å²) >= 11 is 0. The number of ether oxygens (including phenoxy) is 4. The molecule has 0 fully saturated rings. The summed E-state index contributed by atoms with van der Waals surface area (Å²) in [7, 11) is 4.61. The number of aromatic nitrogens is 4. The Kier molecular flexibility index (Phi) is 6.72. The molecule has 0 spiro atoms.